The van der Waals surface area contributed by atoms with Crippen LogP contribution in [0.5, 0.6) is 5.75 Å². The van der Waals surface area contributed by atoms with E-state index < -0.39 is 6.10 Å². The van der Waals surface area contributed by atoms with Crippen molar-refractivity contribution in [1.29, 1.82) is 0 Å². The summed E-state index contributed by atoms with van der Waals surface area (Å²) < 4.78 is 5.17. The first-order chi connectivity index (χ1) is 11.3. The molecule has 0 fully saturated rings. The minimum absolute atomic E-state index is 0.0173. The van der Waals surface area contributed by atoms with Crippen molar-refractivity contribution in [3.05, 3.63) is 59.2 Å². The Morgan fingerprint density at radius 3 is 2.71 bits per heavy atom. The first-order valence-corrected chi connectivity index (χ1v) is 8.27. The highest BCUT2D eigenvalue weighted by atomic mass is 16.5. The van der Waals surface area contributed by atoms with Crippen molar-refractivity contribution >= 4 is 11.9 Å². The molecular formula is C21H26O3. The zero-order valence-corrected chi connectivity index (χ0v) is 14.9. The van der Waals surface area contributed by atoms with Crippen LogP contribution >= 0.6 is 0 Å². The molecule has 2 rings (SSSR count). The Bertz CT molecular complexity index is 693. The van der Waals surface area contributed by atoms with Crippen molar-refractivity contribution in [1.82, 2.24) is 0 Å². The quantitative estimate of drug-likeness (QED) is 0.819. The number of ether oxygens (including phenoxy) is 1. The van der Waals surface area contributed by atoms with Crippen LogP contribution in [0.3, 0.4) is 0 Å². The summed E-state index contributed by atoms with van der Waals surface area (Å²) >= 11 is 0. The van der Waals surface area contributed by atoms with Gasteiger partial charge in [0.1, 0.15) is 5.75 Å². The zero-order chi connectivity index (χ0) is 17.7. The lowest BCUT2D eigenvalue weighted by molar-refractivity contribution is -0.110. The summed E-state index contributed by atoms with van der Waals surface area (Å²) in [4.78, 5) is 12.1. The van der Waals surface area contributed by atoms with Gasteiger partial charge in [-0.1, -0.05) is 38.1 Å². The molecule has 0 amide bonds. The molecule has 1 aromatic carbocycles. The van der Waals surface area contributed by atoms with Crippen molar-refractivity contribution in [3.8, 4) is 5.75 Å². The van der Waals surface area contributed by atoms with Gasteiger partial charge < -0.3 is 9.84 Å². The number of ketones is 1. The average Bonchev–Trinajstić information content (AvgIpc) is 2.56. The predicted molar refractivity (Wildman–Crippen MR) is 97.9 cm³/mol. The lowest BCUT2D eigenvalue weighted by Gasteiger charge is -2.35. The summed E-state index contributed by atoms with van der Waals surface area (Å²) in [7, 11) is 1.62. The molecular weight excluding hydrogens is 300 g/mol. The fourth-order valence-corrected chi connectivity index (χ4v) is 3.06. The average molecular weight is 326 g/mol. The van der Waals surface area contributed by atoms with Crippen molar-refractivity contribution in [3.63, 3.8) is 0 Å². The number of carbonyl (C=O) groups excluding carboxylic acids is 1. The Kier molecular flexibility index (Phi) is 5.79. The third-order valence-corrected chi connectivity index (χ3v) is 4.64. The highest BCUT2D eigenvalue weighted by Gasteiger charge is 2.30. The molecule has 3 nitrogen and oxygen atoms in total. The minimum atomic E-state index is -0.403. The van der Waals surface area contributed by atoms with Crippen LogP contribution in [0, 0.1) is 5.41 Å². The van der Waals surface area contributed by atoms with Crippen molar-refractivity contribution in [2.75, 3.05) is 7.11 Å². The van der Waals surface area contributed by atoms with Crippen LogP contribution in [0.15, 0.2) is 53.6 Å². The van der Waals surface area contributed by atoms with Crippen LogP contribution in [0.2, 0.25) is 0 Å². The smallest absolute Gasteiger partial charge is 0.178 e. The molecule has 0 saturated carbocycles. The van der Waals surface area contributed by atoms with E-state index in [-0.39, 0.29) is 11.2 Å². The van der Waals surface area contributed by atoms with Crippen molar-refractivity contribution < 1.29 is 14.6 Å². The van der Waals surface area contributed by atoms with E-state index in [4.69, 9.17) is 4.74 Å². The molecule has 0 spiro atoms. The second-order valence-corrected chi connectivity index (χ2v) is 6.88. The highest BCUT2D eigenvalue weighted by molar-refractivity contribution is 6.02. The summed E-state index contributed by atoms with van der Waals surface area (Å²) in [6.07, 6.45) is 8.05. The van der Waals surface area contributed by atoms with Gasteiger partial charge >= 0.3 is 0 Å². The van der Waals surface area contributed by atoms with E-state index in [0.29, 0.717) is 0 Å². The summed E-state index contributed by atoms with van der Waals surface area (Å²) in [5.74, 6) is 0.688. The summed E-state index contributed by atoms with van der Waals surface area (Å²) in [6.45, 7) is 6.25. The number of aliphatic hydroxyl groups is 1. The van der Waals surface area contributed by atoms with Gasteiger partial charge in [0.05, 0.1) is 13.2 Å². The van der Waals surface area contributed by atoms with E-state index in [1.165, 1.54) is 0 Å². The van der Waals surface area contributed by atoms with Crippen LogP contribution in [0.1, 0.15) is 39.2 Å². The van der Waals surface area contributed by atoms with Crippen molar-refractivity contribution in [2.45, 2.75) is 39.7 Å². The molecule has 3 heteroatoms. The molecule has 1 unspecified atom stereocenters. The minimum Gasteiger partial charge on any atom is -0.497 e. The third-order valence-electron chi connectivity index (χ3n) is 4.64. The van der Waals surface area contributed by atoms with Crippen molar-refractivity contribution in [2.24, 2.45) is 5.41 Å². The molecule has 1 aliphatic rings. The van der Waals surface area contributed by atoms with E-state index in [9.17, 15) is 9.90 Å². The van der Waals surface area contributed by atoms with Gasteiger partial charge in [0.25, 0.3) is 0 Å². The Morgan fingerprint density at radius 1 is 1.29 bits per heavy atom. The van der Waals surface area contributed by atoms with Crippen LogP contribution < -0.4 is 4.74 Å². The number of carbonyl (C=O) groups is 1. The monoisotopic (exact) mass is 326 g/mol. The van der Waals surface area contributed by atoms with Crippen LogP contribution in [0.25, 0.3) is 6.08 Å². The summed E-state index contributed by atoms with van der Waals surface area (Å²) in [5, 5.41) is 10.0. The van der Waals surface area contributed by atoms with E-state index in [1.807, 2.05) is 37.3 Å². The first kappa shape index (κ1) is 18.2. The first-order valence-electron chi connectivity index (χ1n) is 8.27. The number of allylic oxidation sites excluding steroid dienone is 4. The molecule has 1 atom stereocenters. The number of benzene rings is 1. The van der Waals surface area contributed by atoms with Gasteiger partial charge in [-0.25, -0.2) is 0 Å². The second kappa shape index (κ2) is 7.63. The maximum Gasteiger partial charge on any atom is 0.178 e. The molecule has 0 saturated heterocycles. The normalized spacial score (nSPS) is 20.8. The van der Waals surface area contributed by atoms with E-state index in [2.05, 4.69) is 13.8 Å². The van der Waals surface area contributed by atoms with Gasteiger partial charge in [-0.3, -0.25) is 4.79 Å². The number of hydrogen-bond acceptors (Lipinski definition) is 3. The summed E-state index contributed by atoms with van der Waals surface area (Å²) in [6, 6.07) is 7.55. The molecule has 0 bridgehead atoms. The molecule has 0 heterocycles. The molecule has 1 N–H and O–H groups in total. The maximum atomic E-state index is 12.1. The van der Waals surface area contributed by atoms with Crippen LogP contribution in [-0.2, 0) is 4.79 Å². The van der Waals surface area contributed by atoms with Gasteiger partial charge in [-0.05, 0) is 66.2 Å². The second-order valence-electron chi connectivity index (χ2n) is 6.88. The number of rotatable bonds is 5. The third kappa shape index (κ3) is 4.45. The molecule has 128 valence electrons. The fraction of sp³-hybridized carbons (Fsp3) is 0.381. The topological polar surface area (TPSA) is 46.5 Å². The van der Waals surface area contributed by atoms with Gasteiger partial charge in [0.2, 0.25) is 0 Å². The largest absolute Gasteiger partial charge is 0.497 e. The molecule has 0 aromatic heterocycles. The van der Waals surface area contributed by atoms with Gasteiger partial charge in [-0.15, -0.1) is 0 Å². The zero-order valence-electron chi connectivity index (χ0n) is 14.9. The number of hydrogen-bond donors (Lipinski definition) is 1. The predicted octanol–water partition coefficient (Wildman–Crippen LogP) is 4.33. The van der Waals surface area contributed by atoms with E-state index >= 15 is 0 Å². The molecule has 1 aliphatic carbocycles. The van der Waals surface area contributed by atoms with E-state index in [1.54, 1.807) is 25.3 Å². The molecule has 0 radical (unpaired) electrons. The highest BCUT2D eigenvalue weighted by Crippen LogP contribution is 2.40. The van der Waals surface area contributed by atoms with Gasteiger partial charge in [0.15, 0.2) is 5.78 Å². The SMILES string of the molecule is COc1cccc(/C=C/C(=O)/C=C/C2=C(C)C(O)CCC2(C)C)c1. The summed E-state index contributed by atoms with van der Waals surface area (Å²) in [5.41, 5.74) is 2.92. The lowest BCUT2D eigenvalue weighted by Crippen LogP contribution is -2.27. The molecule has 0 aliphatic heterocycles. The van der Waals surface area contributed by atoms with Crippen LogP contribution in [0.4, 0.5) is 0 Å². The van der Waals surface area contributed by atoms with Gasteiger partial charge in [0, 0.05) is 0 Å². The Labute approximate surface area is 144 Å². The van der Waals surface area contributed by atoms with Gasteiger partial charge in [-0.2, -0.15) is 0 Å². The van der Waals surface area contributed by atoms with Crippen LogP contribution in [-0.4, -0.2) is 24.1 Å². The Balaban J connectivity index is 2.12. The maximum absolute atomic E-state index is 12.1. The molecule has 24 heavy (non-hydrogen) atoms. The fourth-order valence-electron chi connectivity index (χ4n) is 3.06. The number of aliphatic hydroxyl groups excluding tert-OH is 1. The lowest BCUT2D eigenvalue weighted by atomic mass is 9.71. The Hall–Kier alpha value is -2.13. The Morgan fingerprint density at radius 2 is 2.00 bits per heavy atom. The number of methoxy groups -OCH3 is 1. The van der Waals surface area contributed by atoms with E-state index in [0.717, 1.165) is 35.3 Å². The molecule has 1 aromatic rings. The standard InChI is InChI=1S/C21H26O3/c1-15-19(21(2,3)13-12-20(15)23)11-10-17(22)9-8-16-6-5-7-18(14-16)24-4/h5-11,14,20,23H,12-13H2,1-4H3/b9-8+,11-10+.